The van der Waals surface area contributed by atoms with Crippen molar-refractivity contribution in [1.29, 1.82) is 0 Å². The summed E-state index contributed by atoms with van der Waals surface area (Å²) in [6.45, 7) is 15.3. The van der Waals surface area contributed by atoms with Gasteiger partial charge in [-0.1, -0.05) is 176 Å². The number of hydrogen-bond acceptors (Lipinski definition) is 12. The Labute approximate surface area is 398 Å². The summed E-state index contributed by atoms with van der Waals surface area (Å²) in [6, 6.07) is 0. The molecule has 0 aliphatic rings. The molecule has 0 aromatic heterocycles. The van der Waals surface area contributed by atoms with Gasteiger partial charge in [-0.15, -0.1) is 0 Å². The summed E-state index contributed by atoms with van der Waals surface area (Å²) in [7, 11) is 0. The van der Waals surface area contributed by atoms with Crippen LogP contribution in [-0.2, 0) is 47.5 Å². The normalized spacial score (nSPS) is 11.9. The first kappa shape index (κ1) is 62.6. The van der Waals surface area contributed by atoms with E-state index < -0.39 is 24.3 Å². The van der Waals surface area contributed by atoms with E-state index >= 15 is 0 Å². The fraction of sp³-hybridized carbons (Fsp3) is 0.925. The predicted octanol–water partition coefficient (Wildman–Crippen LogP) is 13.6. The fourth-order valence-electron chi connectivity index (χ4n) is 7.48. The van der Waals surface area contributed by atoms with Crippen LogP contribution in [-0.4, -0.2) is 101 Å². The first-order valence-corrected chi connectivity index (χ1v) is 27.0. The molecule has 384 valence electrons. The van der Waals surface area contributed by atoms with Crippen molar-refractivity contribution in [3.8, 4) is 0 Å². The van der Waals surface area contributed by atoms with E-state index in [1.165, 1.54) is 89.9 Å². The summed E-state index contributed by atoms with van der Waals surface area (Å²) in [5.41, 5.74) is 0. The Hall–Kier alpha value is -2.44. The van der Waals surface area contributed by atoms with Crippen molar-refractivity contribution in [2.24, 2.45) is 5.92 Å². The molecule has 0 aromatic carbocycles. The van der Waals surface area contributed by atoms with Crippen LogP contribution in [0.1, 0.15) is 240 Å². The van der Waals surface area contributed by atoms with Gasteiger partial charge in [0.1, 0.15) is 19.8 Å². The quantitative estimate of drug-likeness (QED) is 0.0249. The van der Waals surface area contributed by atoms with Crippen molar-refractivity contribution in [3.63, 3.8) is 0 Å². The van der Waals surface area contributed by atoms with Crippen LogP contribution in [0.4, 0.5) is 4.79 Å². The Balaban J connectivity index is 4.71. The van der Waals surface area contributed by atoms with Crippen LogP contribution in [0.3, 0.4) is 0 Å². The molecule has 0 heterocycles. The molecule has 0 rings (SSSR count). The number of rotatable bonds is 50. The Morgan fingerprint density at radius 3 is 1.20 bits per heavy atom. The van der Waals surface area contributed by atoms with E-state index in [0.717, 1.165) is 96.7 Å². The lowest BCUT2D eigenvalue weighted by atomic mass is 10.1. The molecule has 0 aliphatic heterocycles. The minimum Gasteiger partial charge on any atom is -0.466 e. The first-order valence-electron chi connectivity index (χ1n) is 27.0. The summed E-state index contributed by atoms with van der Waals surface area (Å²) >= 11 is 0. The second kappa shape index (κ2) is 49.5. The average Bonchev–Trinajstić information content (AvgIpc) is 3.30. The number of carbonyl (C=O) groups excluding carboxylic acids is 4. The largest absolute Gasteiger partial charge is 0.508 e. The molecule has 0 fully saturated rings. The topological polar surface area (TPSA) is 136 Å². The maximum atomic E-state index is 13.0. The Morgan fingerprint density at radius 1 is 0.369 bits per heavy atom. The van der Waals surface area contributed by atoms with Gasteiger partial charge < -0.3 is 38.1 Å². The molecule has 0 saturated carbocycles. The molecule has 0 aliphatic carbocycles. The monoisotopic (exact) mass is 928 g/mol. The molecule has 12 heteroatoms. The Morgan fingerprint density at radius 2 is 0.738 bits per heavy atom. The zero-order chi connectivity index (χ0) is 47.7. The lowest BCUT2D eigenvalue weighted by Gasteiger charge is -2.20. The van der Waals surface area contributed by atoms with Crippen LogP contribution in [0.15, 0.2) is 0 Å². The molecule has 1 atom stereocenters. The fourth-order valence-corrected chi connectivity index (χ4v) is 7.48. The molecule has 0 saturated heterocycles. The third kappa shape index (κ3) is 45.1. The van der Waals surface area contributed by atoms with E-state index in [4.69, 9.17) is 33.2 Å². The van der Waals surface area contributed by atoms with Crippen LogP contribution in [0, 0.1) is 5.92 Å². The molecular weight excluding hydrogens is 827 g/mol. The van der Waals surface area contributed by atoms with Crippen molar-refractivity contribution in [1.82, 2.24) is 4.90 Å². The summed E-state index contributed by atoms with van der Waals surface area (Å²) < 4.78 is 39.5. The molecule has 0 aromatic rings. The van der Waals surface area contributed by atoms with Gasteiger partial charge >= 0.3 is 24.1 Å². The van der Waals surface area contributed by atoms with Gasteiger partial charge in [0.15, 0.2) is 6.29 Å². The van der Waals surface area contributed by atoms with E-state index in [1.807, 2.05) is 0 Å². The van der Waals surface area contributed by atoms with Crippen LogP contribution in [0.2, 0.25) is 0 Å². The van der Waals surface area contributed by atoms with Gasteiger partial charge in [-0.05, 0) is 51.6 Å². The number of hydrogen-bond donors (Lipinski definition) is 0. The lowest BCUT2D eigenvalue weighted by Crippen LogP contribution is -2.28. The summed E-state index contributed by atoms with van der Waals surface area (Å²) in [5, 5.41) is 0. The zero-order valence-corrected chi connectivity index (χ0v) is 42.8. The highest BCUT2D eigenvalue weighted by Gasteiger charge is 2.20. The number of nitrogens with zero attached hydrogens (tertiary/aromatic N) is 1. The molecule has 1 unspecified atom stereocenters. The minimum absolute atomic E-state index is 0.0473. The molecule has 12 nitrogen and oxygen atoms in total. The standard InChI is InChI=1S/C53H101NO11/c1-6-11-14-17-20-24-29-32-41-59-49(55)36-30-25-22-21-23-26-31-37-50(56)63-45-48(47-65-53(58)62-44-35-40-54(9-4)10-5)46-64-51(57)38-39-52(60-42-33-27-18-15-12-7-2)61-43-34-28-19-16-13-8-3/h48,52H,6-47H2,1-5H3. The van der Waals surface area contributed by atoms with Gasteiger partial charge in [-0.3, -0.25) is 14.4 Å². The zero-order valence-electron chi connectivity index (χ0n) is 42.8. The van der Waals surface area contributed by atoms with Crippen molar-refractivity contribution in [2.45, 2.75) is 246 Å². The highest BCUT2D eigenvalue weighted by atomic mass is 16.7. The Kier molecular flexibility index (Phi) is 47.6. The van der Waals surface area contributed by atoms with Gasteiger partial charge in [0.05, 0.1) is 25.6 Å². The molecule has 0 spiro atoms. The van der Waals surface area contributed by atoms with E-state index in [0.29, 0.717) is 45.5 Å². The average molecular weight is 928 g/mol. The number of carbonyl (C=O) groups is 4. The van der Waals surface area contributed by atoms with Gasteiger partial charge in [-0.2, -0.15) is 0 Å². The van der Waals surface area contributed by atoms with Crippen molar-refractivity contribution in [3.05, 3.63) is 0 Å². The van der Waals surface area contributed by atoms with E-state index in [9.17, 15) is 19.2 Å². The highest BCUT2D eigenvalue weighted by Crippen LogP contribution is 2.15. The van der Waals surface area contributed by atoms with Crippen molar-refractivity contribution in [2.75, 3.05) is 65.9 Å². The van der Waals surface area contributed by atoms with Crippen LogP contribution >= 0.6 is 0 Å². The Bertz CT molecular complexity index is 1050. The number of esters is 3. The van der Waals surface area contributed by atoms with Crippen LogP contribution < -0.4 is 0 Å². The third-order valence-electron chi connectivity index (χ3n) is 11.8. The molecule has 0 radical (unpaired) electrons. The van der Waals surface area contributed by atoms with E-state index in [2.05, 4.69) is 39.5 Å². The first-order chi connectivity index (χ1) is 31.8. The van der Waals surface area contributed by atoms with E-state index in [-0.39, 0.29) is 51.2 Å². The van der Waals surface area contributed by atoms with Gasteiger partial charge in [0, 0.05) is 39.0 Å². The smallest absolute Gasteiger partial charge is 0.466 e. The van der Waals surface area contributed by atoms with Crippen molar-refractivity contribution < 1.29 is 52.3 Å². The summed E-state index contributed by atoms with van der Waals surface area (Å²) in [6.07, 6.45) is 31.1. The third-order valence-corrected chi connectivity index (χ3v) is 11.8. The highest BCUT2D eigenvalue weighted by molar-refractivity contribution is 5.70. The second-order valence-electron chi connectivity index (χ2n) is 17.9. The summed E-state index contributed by atoms with van der Waals surface area (Å²) in [5.74, 6) is -1.38. The number of unbranched alkanes of at least 4 members (excludes halogenated alkanes) is 23. The SMILES string of the molecule is CCCCCCCCCCOC(=O)CCCCCCCCCC(=O)OCC(COC(=O)CCC(OCCCCCCCC)OCCCCCCCC)COC(=O)OCCCN(CC)CC. The van der Waals surface area contributed by atoms with Gasteiger partial charge in [0.25, 0.3) is 0 Å². The predicted molar refractivity (Wildman–Crippen MR) is 262 cm³/mol. The summed E-state index contributed by atoms with van der Waals surface area (Å²) in [4.78, 5) is 52.4. The van der Waals surface area contributed by atoms with Gasteiger partial charge in [0.2, 0.25) is 0 Å². The van der Waals surface area contributed by atoms with E-state index in [1.54, 1.807) is 0 Å². The van der Waals surface area contributed by atoms with Crippen LogP contribution in [0.25, 0.3) is 0 Å². The van der Waals surface area contributed by atoms with Gasteiger partial charge in [-0.25, -0.2) is 4.79 Å². The second-order valence-corrected chi connectivity index (χ2v) is 17.9. The van der Waals surface area contributed by atoms with Crippen molar-refractivity contribution >= 4 is 24.1 Å². The lowest BCUT2D eigenvalue weighted by molar-refractivity contribution is -0.161. The maximum absolute atomic E-state index is 13.0. The molecule has 0 N–H and O–H groups in total. The molecule has 0 amide bonds. The van der Waals surface area contributed by atoms with Crippen LogP contribution in [0.5, 0.6) is 0 Å². The molecular formula is C53H101NO11. The number of ether oxygens (including phenoxy) is 7. The molecule has 0 bridgehead atoms. The molecule has 65 heavy (non-hydrogen) atoms. The minimum atomic E-state index is -0.797. The maximum Gasteiger partial charge on any atom is 0.508 e.